The monoisotopic (exact) mass is 89.1 g/mol. The molecule has 1 atom stereocenters. The second kappa shape index (κ2) is 3.12. The van der Waals surface area contributed by atoms with Crippen molar-refractivity contribution in [3.63, 3.8) is 0 Å². The van der Waals surface area contributed by atoms with Crippen LogP contribution in [0.3, 0.4) is 0 Å². The van der Waals surface area contributed by atoms with Crippen LogP contribution in [0, 0.1) is 0 Å². The lowest BCUT2D eigenvalue weighted by molar-refractivity contribution is 0.0280. The van der Waals surface area contributed by atoms with E-state index in [1.165, 1.54) is 7.11 Å². The van der Waals surface area contributed by atoms with Gasteiger partial charge in [-0.1, -0.05) is 0 Å². The molecule has 0 aliphatic heterocycles. The Balaban J connectivity index is 2.63. The van der Waals surface area contributed by atoms with Crippen molar-refractivity contribution < 1.29 is 9.84 Å². The van der Waals surface area contributed by atoms with Gasteiger partial charge in [0.2, 0.25) is 0 Å². The predicted octanol–water partition coefficient (Wildman–Crippen LogP) is 0.452. The lowest BCUT2D eigenvalue weighted by Gasteiger charge is -1.94. The van der Waals surface area contributed by atoms with E-state index in [9.17, 15) is 5.11 Å². The van der Waals surface area contributed by atoms with E-state index in [-0.39, 0.29) is 0 Å². The third-order valence-electron chi connectivity index (χ3n) is 0.401. The number of hydrogen-bond acceptors (Lipinski definition) is 1. The first-order chi connectivity index (χ1) is 2.77. The fourth-order valence-electron chi connectivity index (χ4n) is 0.235. The van der Waals surface area contributed by atoms with E-state index < -0.39 is 6.10 Å². The molecule has 37 valence electrons. The van der Waals surface area contributed by atoms with Crippen LogP contribution in [0.15, 0.2) is 0 Å². The van der Waals surface area contributed by atoms with Crippen molar-refractivity contribution in [2.45, 2.75) is 13.0 Å². The third-order valence-corrected chi connectivity index (χ3v) is 0.401. The van der Waals surface area contributed by atoms with Crippen LogP contribution in [0.4, 0.5) is 0 Å². The van der Waals surface area contributed by atoms with E-state index in [0.29, 0.717) is 6.61 Å². The third kappa shape index (κ3) is 3.92. The van der Waals surface area contributed by atoms with Crippen LogP contribution in [-0.4, -0.2) is 19.8 Å². The van der Waals surface area contributed by atoms with E-state index in [2.05, 4.69) is 4.74 Å². The van der Waals surface area contributed by atoms with Gasteiger partial charge in [-0.05, 0) is 6.92 Å². The smallest absolute Gasteiger partial charge is 0.113 e. The molecule has 0 saturated carbocycles. The second-order valence-corrected chi connectivity index (χ2v) is 1.27. The molecule has 1 radical (unpaired) electrons. The molecule has 0 aliphatic carbocycles. The van der Waals surface area contributed by atoms with Crippen LogP contribution in [-0.2, 0) is 9.84 Å². The van der Waals surface area contributed by atoms with Gasteiger partial charge in [-0.2, -0.15) is 0 Å². The Morgan fingerprint density at radius 3 is 2.33 bits per heavy atom. The minimum atomic E-state index is -0.574. The van der Waals surface area contributed by atoms with Crippen molar-refractivity contribution in [2.75, 3.05) is 13.7 Å². The molecule has 2 nitrogen and oxygen atoms in total. The molecule has 0 spiro atoms. The molecule has 0 bridgehead atoms. The molecule has 0 unspecified atom stereocenters. The normalized spacial score (nSPS) is 14.5. The summed E-state index contributed by atoms with van der Waals surface area (Å²) in [5.41, 5.74) is 0. The number of rotatable bonds is 2. The Bertz CT molecular complexity index is 26.7. The summed E-state index contributed by atoms with van der Waals surface area (Å²) >= 11 is 0. The van der Waals surface area contributed by atoms with Gasteiger partial charge >= 0.3 is 0 Å². The van der Waals surface area contributed by atoms with Crippen LogP contribution in [0.5, 0.6) is 0 Å². The number of methoxy groups -OCH3 is 1. The fourth-order valence-corrected chi connectivity index (χ4v) is 0.235. The fraction of sp³-hybridized carbons (Fsp3) is 1.00. The van der Waals surface area contributed by atoms with E-state index in [1.807, 2.05) is 0 Å². The molecule has 0 amide bonds. The van der Waals surface area contributed by atoms with Crippen molar-refractivity contribution in [3.05, 3.63) is 0 Å². The molecule has 0 saturated heterocycles. The average Bonchev–Trinajstić information content (AvgIpc) is 1.35. The molecule has 0 aromatic rings. The van der Waals surface area contributed by atoms with Crippen molar-refractivity contribution >= 4 is 0 Å². The molecule has 0 fully saturated rings. The molecule has 0 heterocycles. The van der Waals surface area contributed by atoms with Gasteiger partial charge in [0.05, 0.1) is 6.61 Å². The van der Waals surface area contributed by atoms with Gasteiger partial charge in [0.1, 0.15) is 6.10 Å². The zero-order valence-corrected chi connectivity index (χ0v) is 4.10. The minimum absolute atomic E-state index is 0.319. The minimum Gasteiger partial charge on any atom is -0.382 e. The summed E-state index contributed by atoms with van der Waals surface area (Å²) in [6.07, 6.45) is -0.574. The molecule has 2 heteroatoms. The van der Waals surface area contributed by atoms with Crippen LogP contribution < -0.4 is 0 Å². The summed E-state index contributed by atoms with van der Waals surface area (Å²) in [5.74, 6) is 0. The SMILES string of the molecule is COC[C@@H](C)[O]. The maximum atomic E-state index is 10.0. The van der Waals surface area contributed by atoms with Gasteiger partial charge in [-0.3, -0.25) is 0 Å². The topological polar surface area (TPSA) is 29.1 Å². The standard InChI is InChI=1S/C4H9O2/c1-4(5)3-6-2/h4H,3H2,1-2H3/t4-/m1/s1. The van der Waals surface area contributed by atoms with E-state index in [0.717, 1.165) is 0 Å². The lowest BCUT2D eigenvalue weighted by atomic mass is 10.5. The maximum absolute atomic E-state index is 10.0. The second-order valence-electron chi connectivity index (χ2n) is 1.27. The van der Waals surface area contributed by atoms with Gasteiger partial charge in [0.15, 0.2) is 0 Å². The summed E-state index contributed by atoms with van der Waals surface area (Å²) in [6, 6.07) is 0. The summed E-state index contributed by atoms with van der Waals surface area (Å²) in [7, 11) is 1.52. The first-order valence-electron chi connectivity index (χ1n) is 1.92. The Morgan fingerprint density at radius 2 is 2.33 bits per heavy atom. The largest absolute Gasteiger partial charge is 0.382 e. The molecule has 6 heavy (non-hydrogen) atoms. The molecule has 0 aromatic heterocycles. The van der Waals surface area contributed by atoms with Crippen LogP contribution >= 0.6 is 0 Å². The van der Waals surface area contributed by atoms with E-state index >= 15 is 0 Å². The van der Waals surface area contributed by atoms with Crippen molar-refractivity contribution in [2.24, 2.45) is 0 Å². The van der Waals surface area contributed by atoms with Crippen LogP contribution in [0.2, 0.25) is 0 Å². The highest BCUT2D eigenvalue weighted by Gasteiger charge is 1.90. The van der Waals surface area contributed by atoms with E-state index in [4.69, 9.17) is 0 Å². The number of hydrogen-bond donors (Lipinski definition) is 0. The maximum Gasteiger partial charge on any atom is 0.113 e. The zero-order chi connectivity index (χ0) is 4.99. The quantitative estimate of drug-likeness (QED) is 0.483. The first kappa shape index (κ1) is 5.92. The Morgan fingerprint density at radius 1 is 1.83 bits per heavy atom. The highest BCUT2D eigenvalue weighted by molar-refractivity contribution is 4.36. The van der Waals surface area contributed by atoms with Gasteiger partial charge in [0, 0.05) is 7.11 Å². The highest BCUT2D eigenvalue weighted by Crippen LogP contribution is 1.77. The summed E-state index contributed by atoms with van der Waals surface area (Å²) < 4.78 is 4.49. The summed E-state index contributed by atoms with van der Waals surface area (Å²) in [5, 5.41) is 10.0. The van der Waals surface area contributed by atoms with Gasteiger partial charge < -0.3 is 4.74 Å². The van der Waals surface area contributed by atoms with E-state index in [1.54, 1.807) is 6.92 Å². The Kier molecular flexibility index (Phi) is 3.08. The molecule has 0 rings (SSSR count). The Labute approximate surface area is 37.7 Å². The highest BCUT2D eigenvalue weighted by atomic mass is 16.5. The number of ether oxygens (including phenoxy) is 1. The van der Waals surface area contributed by atoms with Gasteiger partial charge in [0.25, 0.3) is 0 Å². The first-order valence-corrected chi connectivity index (χ1v) is 1.92. The molecular formula is C4H9O2. The van der Waals surface area contributed by atoms with Gasteiger partial charge in [-0.25, -0.2) is 5.11 Å². The predicted molar refractivity (Wildman–Crippen MR) is 22.0 cm³/mol. The molecule has 0 aliphatic rings. The van der Waals surface area contributed by atoms with Crippen LogP contribution in [0.1, 0.15) is 6.92 Å². The molecule has 0 aromatic carbocycles. The lowest BCUT2D eigenvalue weighted by Crippen LogP contribution is -2.05. The zero-order valence-electron chi connectivity index (χ0n) is 4.10. The Hall–Kier alpha value is -0.0800. The van der Waals surface area contributed by atoms with Gasteiger partial charge in [-0.15, -0.1) is 0 Å². The summed E-state index contributed by atoms with van der Waals surface area (Å²) in [4.78, 5) is 0. The summed E-state index contributed by atoms with van der Waals surface area (Å²) in [6.45, 7) is 1.89. The average molecular weight is 89.1 g/mol. The molecular weight excluding hydrogens is 80.0 g/mol. The van der Waals surface area contributed by atoms with Crippen LogP contribution in [0.25, 0.3) is 0 Å². The van der Waals surface area contributed by atoms with Crippen molar-refractivity contribution in [1.29, 1.82) is 0 Å². The molecule has 0 N–H and O–H groups in total. The van der Waals surface area contributed by atoms with Crippen molar-refractivity contribution in [1.82, 2.24) is 0 Å². The van der Waals surface area contributed by atoms with Crippen molar-refractivity contribution in [3.8, 4) is 0 Å².